The van der Waals surface area contributed by atoms with Gasteiger partial charge in [-0.3, -0.25) is 9.78 Å². The zero-order valence-corrected chi connectivity index (χ0v) is 14.9. The third-order valence-corrected chi connectivity index (χ3v) is 5.09. The number of nitrogens with one attached hydrogen (secondary N) is 1. The van der Waals surface area contributed by atoms with Gasteiger partial charge in [-0.2, -0.15) is 0 Å². The number of carbonyl (C=O) groups is 1. The number of nitrogens with zero attached hydrogens (tertiary/aromatic N) is 2. The summed E-state index contributed by atoms with van der Waals surface area (Å²) in [6.45, 7) is 6.74. The van der Waals surface area contributed by atoms with Gasteiger partial charge in [-0.15, -0.1) is 0 Å². The van der Waals surface area contributed by atoms with Crippen LogP contribution in [-0.4, -0.2) is 42.0 Å². The number of benzene rings is 2. The van der Waals surface area contributed by atoms with Crippen LogP contribution in [0.3, 0.4) is 0 Å². The summed E-state index contributed by atoms with van der Waals surface area (Å²) >= 11 is 0. The minimum Gasteiger partial charge on any atom is -0.406 e. The number of carbonyl (C=O) groups excluding carboxylic acids is 1. The molecule has 1 N–H and O–H groups in total. The monoisotopic (exact) mass is 351 g/mol. The van der Waals surface area contributed by atoms with E-state index in [-0.39, 0.29) is 5.91 Å². The quantitative estimate of drug-likeness (QED) is 0.771. The van der Waals surface area contributed by atoms with E-state index in [0.29, 0.717) is 37.3 Å². The van der Waals surface area contributed by atoms with Crippen molar-refractivity contribution < 1.29 is 9.21 Å². The molecule has 26 heavy (non-hydrogen) atoms. The highest BCUT2D eigenvalue weighted by Crippen LogP contribution is 2.26. The lowest BCUT2D eigenvalue weighted by molar-refractivity contribution is 0.0747. The Morgan fingerprint density at radius 3 is 2.54 bits per heavy atom. The number of H-pyrrole nitrogens is 1. The number of rotatable bonds is 2. The highest BCUT2D eigenvalue weighted by Gasteiger charge is 2.24. The van der Waals surface area contributed by atoms with Crippen LogP contribution < -0.4 is 10.7 Å². The maximum Gasteiger partial charge on any atom is 0.417 e. The smallest absolute Gasteiger partial charge is 0.406 e. The minimum absolute atomic E-state index is 0.0686. The molecular weight excluding hydrogens is 330 g/mol. The zero-order chi connectivity index (χ0) is 18.3. The summed E-state index contributed by atoms with van der Waals surface area (Å²) in [5.41, 5.74) is 5.21. The van der Waals surface area contributed by atoms with E-state index < -0.39 is 5.76 Å². The molecule has 1 fully saturated rings. The summed E-state index contributed by atoms with van der Waals surface area (Å²) in [7, 11) is 0. The van der Waals surface area contributed by atoms with Gasteiger partial charge in [0, 0.05) is 31.7 Å². The summed E-state index contributed by atoms with van der Waals surface area (Å²) in [5, 5.41) is 0. The molecule has 1 aliphatic rings. The molecule has 1 aromatic heterocycles. The van der Waals surface area contributed by atoms with E-state index in [4.69, 9.17) is 4.42 Å². The second-order valence-corrected chi connectivity index (χ2v) is 6.75. The standard InChI is InChI=1S/C20H21N3O3/c1-13-6-7-15(12-14(13)2)19(24)23-10-8-22(9-11-23)17-5-3-4-16-18(17)26-20(25)21-16/h3-7,12H,8-11H2,1-2H3,(H,21,25). The van der Waals surface area contributed by atoms with Crippen LogP contribution in [0.2, 0.25) is 0 Å². The van der Waals surface area contributed by atoms with Crippen molar-refractivity contribution in [1.82, 2.24) is 9.88 Å². The molecule has 134 valence electrons. The summed E-state index contributed by atoms with van der Waals surface area (Å²) in [6, 6.07) is 11.5. The number of anilines is 1. The number of oxazole rings is 1. The highest BCUT2D eigenvalue weighted by molar-refractivity contribution is 5.95. The lowest BCUT2D eigenvalue weighted by atomic mass is 10.1. The van der Waals surface area contributed by atoms with Crippen molar-refractivity contribution in [2.45, 2.75) is 13.8 Å². The maximum atomic E-state index is 12.8. The molecule has 0 unspecified atom stereocenters. The first-order chi connectivity index (χ1) is 12.5. The fourth-order valence-corrected chi connectivity index (χ4v) is 3.42. The van der Waals surface area contributed by atoms with Gasteiger partial charge in [-0.05, 0) is 49.2 Å². The SMILES string of the molecule is Cc1ccc(C(=O)N2CCN(c3cccc4[nH]c(=O)oc34)CC2)cc1C. The van der Waals surface area contributed by atoms with E-state index in [1.165, 1.54) is 5.56 Å². The Morgan fingerprint density at radius 1 is 1.04 bits per heavy atom. The maximum absolute atomic E-state index is 12.8. The highest BCUT2D eigenvalue weighted by atomic mass is 16.4. The van der Waals surface area contributed by atoms with Gasteiger partial charge in [0.05, 0.1) is 11.2 Å². The Labute approximate surface area is 151 Å². The van der Waals surface area contributed by atoms with Crippen molar-refractivity contribution in [3.8, 4) is 0 Å². The van der Waals surface area contributed by atoms with Crippen LogP contribution in [0.25, 0.3) is 11.1 Å². The Morgan fingerprint density at radius 2 is 1.81 bits per heavy atom. The van der Waals surface area contributed by atoms with Crippen molar-refractivity contribution >= 4 is 22.7 Å². The molecule has 1 amide bonds. The number of aromatic amines is 1. The first-order valence-corrected chi connectivity index (χ1v) is 8.76. The van der Waals surface area contributed by atoms with E-state index in [9.17, 15) is 9.59 Å². The number of hydrogen-bond acceptors (Lipinski definition) is 4. The normalized spacial score (nSPS) is 14.8. The summed E-state index contributed by atoms with van der Waals surface area (Å²) < 4.78 is 5.29. The van der Waals surface area contributed by atoms with E-state index >= 15 is 0 Å². The van der Waals surface area contributed by atoms with Crippen LogP contribution >= 0.6 is 0 Å². The van der Waals surface area contributed by atoms with Crippen LogP contribution in [-0.2, 0) is 0 Å². The lowest BCUT2D eigenvalue weighted by Gasteiger charge is -2.36. The average Bonchev–Trinajstić information content (AvgIpc) is 3.03. The molecule has 6 heteroatoms. The molecule has 4 rings (SSSR count). The molecule has 0 spiro atoms. The van der Waals surface area contributed by atoms with Gasteiger partial charge in [0.15, 0.2) is 5.58 Å². The first kappa shape index (κ1) is 16.4. The van der Waals surface area contributed by atoms with Gasteiger partial charge < -0.3 is 14.2 Å². The van der Waals surface area contributed by atoms with Crippen LogP contribution in [0.4, 0.5) is 5.69 Å². The molecule has 0 radical (unpaired) electrons. The largest absolute Gasteiger partial charge is 0.417 e. The van der Waals surface area contributed by atoms with Crippen molar-refractivity contribution in [1.29, 1.82) is 0 Å². The second kappa shape index (κ2) is 6.37. The fraction of sp³-hybridized carbons (Fsp3) is 0.300. The van der Waals surface area contributed by atoms with Crippen LogP contribution in [0.1, 0.15) is 21.5 Å². The summed E-state index contributed by atoms with van der Waals surface area (Å²) in [5.74, 6) is -0.380. The molecule has 2 heterocycles. The van der Waals surface area contributed by atoms with E-state index in [2.05, 4.69) is 9.88 Å². The number of amides is 1. The van der Waals surface area contributed by atoms with Crippen molar-refractivity contribution in [3.05, 3.63) is 63.6 Å². The van der Waals surface area contributed by atoms with Gasteiger partial charge >= 0.3 is 5.76 Å². The Balaban J connectivity index is 1.50. The van der Waals surface area contributed by atoms with Gasteiger partial charge in [0.2, 0.25) is 0 Å². The zero-order valence-electron chi connectivity index (χ0n) is 14.9. The van der Waals surface area contributed by atoms with Gasteiger partial charge in [-0.1, -0.05) is 12.1 Å². The molecule has 0 bridgehead atoms. The number of aromatic nitrogens is 1. The van der Waals surface area contributed by atoms with Crippen molar-refractivity contribution in [2.24, 2.45) is 0 Å². The van der Waals surface area contributed by atoms with E-state index in [1.807, 2.05) is 55.1 Å². The molecule has 1 saturated heterocycles. The Bertz CT molecular complexity index is 1030. The number of hydrogen-bond donors (Lipinski definition) is 1. The number of fused-ring (bicyclic) bond motifs is 1. The van der Waals surface area contributed by atoms with Crippen LogP contribution in [0.15, 0.2) is 45.6 Å². The fourth-order valence-electron chi connectivity index (χ4n) is 3.42. The molecular formula is C20H21N3O3. The average molecular weight is 351 g/mol. The summed E-state index contributed by atoms with van der Waals surface area (Å²) in [4.78, 5) is 31.0. The van der Waals surface area contributed by atoms with Gasteiger partial charge in [-0.25, -0.2) is 4.79 Å². The van der Waals surface area contributed by atoms with E-state index in [0.717, 1.165) is 16.8 Å². The number of para-hydroxylation sites is 1. The van der Waals surface area contributed by atoms with Gasteiger partial charge in [0.25, 0.3) is 5.91 Å². The second-order valence-electron chi connectivity index (χ2n) is 6.75. The molecule has 2 aromatic carbocycles. The molecule has 3 aromatic rings. The molecule has 0 aliphatic carbocycles. The van der Waals surface area contributed by atoms with Crippen LogP contribution in [0.5, 0.6) is 0 Å². The minimum atomic E-state index is -0.448. The predicted octanol–water partition coefficient (Wildman–Crippen LogP) is 2.70. The van der Waals surface area contributed by atoms with E-state index in [1.54, 1.807) is 0 Å². The molecule has 0 saturated carbocycles. The third kappa shape index (κ3) is 2.87. The molecule has 6 nitrogen and oxygen atoms in total. The lowest BCUT2D eigenvalue weighted by Crippen LogP contribution is -2.48. The summed E-state index contributed by atoms with van der Waals surface area (Å²) in [6.07, 6.45) is 0. The first-order valence-electron chi connectivity index (χ1n) is 8.76. The van der Waals surface area contributed by atoms with Crippen LogP contribution in [0, 0.1) is 13.8 Å². The Hall–Kier alpha value is -3.02. The number of piperazine rings is 1. The number of aryl methyl sites for hydroxylation is 2. The third-order valence-electron chi connectivity index (χ3n) is 5.09. The predicted molar refractivity (Wildman–Crippen MR) is 101 cm³/mol. The Kier molecular flexibility index (Phi) is 4.03. The van der Waals surface area contributed by atoms with Gasteiger partial charge in [0.1, 0.15) is 0 Å². The molecule has 0 atom stereocenters. The van der Waals surface area contributed by atoms with Crippen molar-refractivity contribution in [3.63, 3.8) is 0 Å². The molecule has 1 aliphatic heterocycles. The topological polar surface area (TPSA) is 69.6 Å². The van der Waals surface area contributed by atoms with Crippen molar-refractivity contribution in [2.75, 3.05) is 31.1 Å².